The van der Waals surface area contributed by atoms with Gasteiger partial charge < -0.3 is 15.2 Å². The molecule has 30 heavy (non-hydrogen) atoms. The molecule has 0 aliphatic carbocycles. The van der Waals surface area contributed by atoms with Crippen LogP contribution in [0.2, 0.25) is 0 Å². The quantitative estimate of drug-likeness (QED) is 0.410. The number of alkyl halides is 1. The van der Waals surface area contributed by atoms with E-state index >= 15 is 4.39 Å². The topological polar surface area (TPSA) is 128 Å². The van der Waals surface area contributed by atoms with Crippen LogP contribution in [0.25, 0.3) is 0 Å². The van der Waals surface area contributed by atoms with Gasteiger partial charge in [0.25, 0.3) is 5.56 Å². The molecule has 2 unspecified atom stereocenters. The number of anilines is 1. The average molecular weight is 448 g/mol. The van der Waals surface area contributed by atoms with Gasteiger partial charge >= 0.3 is 13.8 Å². The van der Waals surface area contributed by atoms with E-state index in [0.717, 1.165) is 10.6 Å². The fourth-order valence-electron chi connectivity index (χ4n) is 3.18. The average Bonchev–Trinajstić information content (AvgIpc) is 2.94. The van der Waals surface area contributed by atoms with Crippen molar-refractivity contribution in [1.29, 1.82) is 0 Å². The second-order valence-electron chi connectivity index (χ2n) is 8.25. The Balaban J connectivity index is 1.75. The van der Waals surface area contributed by atoms with Gasteiger partial charge in [-0.05, 0) is 33.3 Å². The molecule has 5 atom stereocenters. The summed E-state index contributed by atoms with van der Waals surface area (Å²) in [4.78, 5) is 24.0. The van der Waals surface area contributed by atoms with Crippen molar-refractivity contribution in [2.24, 2.45) is 5.41 Å². The first-order chi connectivity index (χ1) is 13.9. The number of nitrogens with two attached hydrogens (primary N) is 1. The SMILES string of the molecule is CC[C@@]12COP(=O)(OCOC(=O)C(C)(C)C)OC1[C@@H](F)[C@H](n1ccc(N)cc1=O)O2. The molecule has 0 amide bonds. The van der Waals surface area contributed by atoms with Crippen molar-refractivity contribution in [3.63, 3.8) is 0 Å². The number of pyridine rings is 1. The minimum atomic E-state index is -4.23. The second kappa shape index (κ2) is 8.05. The Hall–Kier alpha value is -1.78. The second-order valence-corrected chi connectivity index (χ2v) is 9.87. The van der Waals surface area contributed by atoms with E-state index in [1.165, 1.54) is 12.3 Å². The van der Waals surface area contributed by atoms with E-state index in [1.807, 2.05) is 0 Å². The molecule has 0 aromatic carbocycles. The summed E-state index contributed by atoms with van der Waals surface area (Å²) in [5.74, 6) is -0.579. The summed E-state index contributed by atoms with van der Waals surface area (Å²) in [5, 5.41) is 0. The molecule has 2 N–H and O–H groups in total. The van der Waals surface area contributed by atoms with Crippen LogP contribution in [-0.2, 0) is 32.4 Å². The fourth-order valence-corrected chi connectivity index (χ4v) is 4.52. The molecular weight excluding hydrogens is 422 g/mol. The maximum Gasteiger partial charge on any atom is 0.478 e. The van der Waals surface area contributed by atoms with Crippen LogP contribution in [0.3, 0.4) is 0 Å². The normalized spacial score (nSPS) is 33.8. The Morgan fingerprint density at radius 1 is 1.47 bits per heavy atom. The molecule has 1 aromatic heterocycles. The highest BCUT2D eigenvalue weighted by molar-refractivity contribution is 7.48. The van der Waals surface area contributed by atoms with E-state index in [0.29, 0.717) is 0 Å². The van der Waals surface area contributed by atoms with Gasteiger partial charge in [0.1, 0.15) is 11.7 Å². The van der Waals surface area contributed by atoms with E-state index in [1.54, 1.807) is 27.7 Å². The number of aromatic nitrogens is 1. The Labute approximate surface area is 173 Å². The number of rotatable bonds is 5. The smallest absolute Gasteiger partial charge is 0.437 e. The Bertz CT molecular complexity index is 916. The monoisotopic (exact) mass is 448 g/mol. The first kappa shape index (κ1) is 22.9. The highest BCUT2D eigenvalue weighted by Gasteiger charge is 2.62. The number of carbonyl (C=O) groups is 1. The summed E-state index contributed by atoms with van der Waals surface area (Å²) in [6.45, 7) is 5.68. The summed E-state index contributed by atoms with van der Waals surface area (Å²) < 4.78 is 55.5. The molecule has 1 aromatic rings. The van der Waals surface area contributed by atoms with Gasteiger partial charge in [0.15, 0.2) is 12.4 Å². The zero-order valence-electron chi connectivity index (χ0n) is 17.2. The van der Waals surface area contributed by atoms with Crippen LogP contribution in [0.5, 0.6) is 0 Å². The van der Waals surface area contributed by atoms with E-state index in [4.69, 9.17) is 28.8 Å². The summed E-state index contributed by atoms with van der Waals surface area (Å²) in [7, 11) is -4.23. The Morgan fingerprint density at radius 3 is 2.77 bits per heavy atom. The van der Waals surface area contributed by atoms with Gasteiger partial charge in [-0.15, -0.1) is 0 Å². The molecule has 3 rings (SSSR count). The molecule has 3 heterocycles. The predicted octanol–water partition coefficient (Wildman–Crippen LogP) is 2.53. The summed E-state index contributed by atoms with van der Waals surface area (Å²) in [6.07, 6.45) is -2.91. The summed E-state index contributed by atoms with van der Waals surface area (Å²) >= 11 is 0. The first-order valence-electron chi connectivity index (χ1n) is 9.45. The van der Waals surface area contributed by atoms with Crippen LogP contribution in [0.15, 0.2) is 23.1 Å². The molecule has 0 bridgehead atoms. The number of halogens is 1. The largest absolute Gasteiger partial charge is 0.478 e. The van der Waals surface area contributed by atoms with Crippen molar-refractivity contribution in [1.82, 2.24) is 4.57 Å². The number of esters is 1. The predicted molar refractivity (Wildman–Crippen MR) is 103 cm³/mol. The number of phosphoric acid groups is 1. The van der Waals surface area contributed by atoms with Gasteiger partial charge in [0, 0.05) is 18.0 Å². The molecule has 0 radical (unpaired) electrons. The molecule has 2 saturated heterocycles. The molecule has 2 aliphatic rings. The van der Waals surface area contributed by atoms with Crippen LogP contribution < -0.4 is 11.3 Å². The third kappa shape index (κ3) is 4.31. The summed E-state index contributed by atoms with van der Waals surface area (Å²) in [6, 6.07) is 2.58. The number of nitrogen functional groups attached to an aromatic ring is 1. The van der Waals surface area contributed by atoms with Gasteiger partial charge in [-0.2, -0.15) is 0 Å². The lowest BCUT2D eigenvalue weighted by Gasteiger charge is -2.39. The zero-order chi connectivity index (χ0) is 22.3. The first-order valence-corrected chi connectivity index (χ1v) is 10.9. The maximum absolute atomic E-state index is 15.3. The van der Waals surface area contributed by atoms with Gasteiger partial charge in [0.05, 0.1) is 12.0 Å². The molecule has 168 valence electrons. The van der Waals surface area contributed by atoms with E-state index in [-0.39, 0.29) is 18.7 Å². The van der Waals surface area contributed by atoms with Crippen molar-refractivity contribution in [3.8, 4) is 0 Å². The number of nitrogens with zero attached hydrogens (tertiary/aromatic N) is 1. The number of phosphoric ester groups is 1. The molecule has 0 spiro atoms. The standard InChI is InChI=1S/C18H26FN2O8P/c1-5-18-9-26-30(24,27-10-25-16(23)17(2,3)4)29-14(18)13(19)15(28-18)21-7-6-11(20)8-12(21)22/h6-8,13-15H,5,9-10,20H2,1-4H3/t13-,14?,15-,18-,30?/m1/s1. The van der Waals surface area contributed by atoms with E-state index in [2.05, 4.69) is 0 Å². The Morgan fingerprint density at radius 2 is 2.17 bits per heavy atom. The molecule has 10 nitrogen and oxygen atoms in total. The minimum absolute atomic E-state index is 0.231. The molecule has 2 fully saturated rings. The van der Waals surface area contributed by atoms with Crippen LogP contribution in [-0.4, -0.2) is 41.8 Å². The van der Waals surface area contributed by atoms with Gasteiger partial charge in [0.2, 0.25) is 6.79 Å². The highest BCUT2D eigenvalue weighted by Crippen LogP contribution is 2.60. The number of ether oxygens (including phenoxy) is 2. The van der Waals surface area contributed by atoms with Crippen LogP contribution in [0.4, 0.5) is 10.1 Å². The van der Waals surface area contributed by atoms with E-state index in [9.17, 15) is 14.2 Å². The molecule has 12 heteroatoms. The molecule has 2 aliphatic heterocycles. The highest BCUT2D eigenvalue weighted by atomic mass is 31.2. The van der Waals surface area contributed by atoms with Crippen LogP contribution >= 0.6 is 7.82 Å². The third-order valence-electron chi connectivity index (χ3n) is 5.00. The van der Waals surface area contributed by atoms with Gasteiger partial charge in [-0.1, -0.05) is 6.92 Å². The van der Waals surface area contributed by atoms with Gasteiger partial charge in [-0.3, -0.25) is 23.2 Å². The van der Waals surface area contributed by atoms with Crippen LogP contribution in [0.1, 0.15) is 40.3 Å². The van der Waals surface area contributed by atoms with Crippen molar-refractivity contribution in [3.05, 3.63) is 28.7 Å². The number of carbonyl (C=O) groups excluding carboxylic acids is 1. The zero-order valence-corrected chi connectivity index (χ0v) is 18.1. The Kier molecular flexibility index (Phi) is 6.14. The number of hydrogen-bond acceptors (Lipinski definition) is 9. The lowest BCUT2D eigenvalue weighted by molar-refractivity contribution is -0.167. The van der Waals surface area contributed by atoms with Crippen molar-refractivity contribution in [2.45, 2.75) is 58.2 Å². The van der Waals surface area contributed by atoms with Crippen molar-refractivity contribution in [2.75, 3.05) is 19.1 Å². The third-order valence-corrected chi connectivity index (χ3v) is 6.36. The van der Waals surface area contributed by atoms with E-state index < -0.39 is 55.7 Å². The number of fused-ring (bicyclic) bond motifs is 1. The maximum atomic E-state index is 15.3. The van der Waals surface area contributed by atoms with Crippen molar-refractivity contribution < 1.29 is 36.8 Å². The van der Waals surface area contributed by atoms with Crippen LogP contribution in [0, 0.1) is 5.41 Å². The molecule has 0 saturated carbocycles. The minimum Gasteiger partial charge on any atom is -0.437 e. The summed E-state index contributed by atoms with van der Waals surface area (Å²) in [5.41, 5.74) is 3.20. The number of hydrogen-bond donors (Lipinski definition) is 1. The molecular formula is C18H26FN2O8P. The lowest BCUT2D eigenvalue weighted by Crippen LogP contribution is -2.49. The van der Waals surface area contributed by atoms with Gasteiger partial charge in [-0.25, -0.2) is 13.5 Å². The fraction of sp³-hybridized carbons (Fsp3) is 0.667. The lowest BCUT2D eigenvalue weighted by atomic mass is 9.94. The van der Waals surface area contributed by atoms with Crippen molar-refractivity contribution >= 4 is 19.5 Å².